The van der Waals surface area contributed by atoms with Gasteiger partial charge in [-0.25, -0.2) is 0 Å². The molecule has 0 aliphatic carbocycles. The summed E-state index contributed by atoms with van der Waals surface area (Å²) >= 11 is 0. The first-order valence-corrected chi connectivity index (χ1v) is 6.67. The Bertz CT molecular complexity index is 208. The summed E-state index contributed by atoms with van der Waals surface area (Å²) in [6.45, 7) is 14.8. The lowest BCUT2D eigenvalue weighted by atomic mass is 10.2. The predicted molar refractivity (Wildman–Crippen MR) is 78.5 cm³/mol. The van der Waals surface area contributed by atoms with Crippen molar-refractivity contribution in [1.29, 1.82) is 0 Å². The van der Waals surface area contributed by atoms with Crippen LogP contribution in [-0.4, -0.2) is 37.6 Å². The molecule has 0 radical (unpaired) electrons. The van der Waals surface area contributed by atoms with Crippen LogP contribution in [0.2, 0.25) is 0 Å². The summed E-state index contributed by atoms with van der Waals surface area (Å²) in [4.78, 5) is 8.80. The van der Waals surface area contributed by atoms with E-state index >= 15 is 0 Å². The van der Waals surface area contributed by atoms with Gasteiger partial charge in [0.25, 0.3) is 0 Å². The minimum Gasteiger partial charge on any atom is -0.302 e. The summed E-state index contributed by atoms with van der Waals surface area (Å²) in [5.74, 6) is 1.26. The highest BCUT2D eigenvalue weighted by Crippen LogP contribution is 1.93. The van der Waals surface area contributed by atoms with Crippen LogP contribution in [0.3, 0.4) is 0 Å². The number of hydrogen-bond acceptors (Lipinski definition) is 3. The van der Waals surface area contributed by atoms with Gasteiger partial charge in [-0.1, -0.05) is 27.7 Å². The highest BCUT2D eigenvalue weighted by Gasteiger charge is 2.02. The number of aliphatic imine (C=N–C) groups is 2. The Morgan fingerprint density at radius 1 is 0.765 bits per heavy atom. The Hall–Kier alpha value is -0.700. The van der Waals surface area contributed by atoms with Crippen LogP contribution in [0.5, 0.6) is 0 Å². The van der Waals surface area contributed by atoms with Gasteiger partial charge in [0.2, 0.25) is 0 Å². The van der Waals surface area contributed by atoms with Gasteiger partial charge in [-0.3, -0.25) is 9.98 Å². The van der Waals surface area contributed by atoms with E-state index in [1.54, 1.807) is 0 Å². The van der Waals surface area contributed by atoms with E-state index in [1.165, 1.54) is 0 Å². The molecule has 0 aromatic heterocycles. The van der Waals surface area contributed by atoms with Crippen LogP contribution in [0.25, 0.3) is 0 Å². The second kappa shape index (κ2) is 9.34. The first-order valence-electron chi connectivity index (χ1n) is 6.67. The normalized spacial score (nSPS) is 16.5. The first-order chi connectivity index (χ1) is 7.91. The average molecular weight is 239 g/mol. The lowest BCUT2D eigenvalue weighted by molar-refractivity contribution is 0.623. The van der Waals surface area contributed by atoms with Gasteiger partial charge in [-0.05, 0) is 25.7 Å². The molecule has 0 bridgehead atoms. The Morgan fingerprint density at radius 2 is 1.12 bits per heavy atom. The molecule has 0 aliphatic heterocycles. The molecular weight excluding hydrogens is 210 g/mol. The summed E-state index contributed by atoms with van der Waals surface area (Å²) in [6, 6.07) is 0.600. The summed E-state index contributed by atoms with van der Waals surface area (Å²) in [7, 11) is 0. The zero-order valence-electron chi connectivity index (χ0n) is 12.3. The highest BCUT2D eigenvalue weighted by atomic mass is 15.0. The molecule has 0 heterocycles. The summed E-state index contributed by atoms with van der Waals surface area (Å²) < 4.78 is 0. The number of nitrogens with zero attached hydrogens (tertiary/aromatic N) is 2. The lowest BCUT2D eigenvalue weighted by Gasteiger charge is -2.13. The van der Waals surface area contributed by atoms with Crippen molar-refractivity contribution in [2.45, 2.75) is 53.6 Å². The van der Waals surface area contributed by atoms with E-state index in [1.807, 2.05) is 12.4 Å². The van der Waals surface area contributed by atoms with Gasteiger partial charge in [-0.15, -0.1) is 0 Å². The SMILES string of the molecule is CC(C)C/N=C\C(C)NC(C)/C=N\CC(C)C. The van der Waals surface area contributed by atoms with Gasteiger partial charge in [0.05, 0.1) is 0 Å². The molecule has 100 valence electrons. The maximum Gasteiger partial charge on any atom is 0.0409 e. The standard InChI is InChI=1S/C14H29N3/c1-11(2)7-15-9-13(5)17-14(6)10-16-8-12(3)4/h9-14,17H,7-8H2,1-6H3/b15-9-,16-10-. The fraction of sp³-hybridized carbons (Fsp3) is 0.857. The van der Waals surface area contributed by atoms with Gasteiger partial charge < -0.3 is 5.32 Å². The zero-order valence-corrected chi connectivity index (χ0v) is 12.3. The molecule has 2 unspecified atom stereocenters. The molecule has 0 aromatic carbocycles. The van der Waals surface area contributed by atoms with Gasteiger partial charge in [0, 0.05) is 37.6 Å². The quantitative estimate of drug-likeness (QED) is 0.650. The van der Waals surface area contributed by atoms with E-state index in [4.69, 9.17) is 0 Å². The zero-order chi connectivity index (χ0) is 13.3. The van der Waals surface area contributed by atoms with E-state index in [-0.39, 0.29) is 0 Å². The molecule has 2 atom stereocenters. The van der Waals surface area contributed by atoms with E-state index in [2.05, 4.69) is 56.8 Å². The van der Waals surface area contributed by atoms with Crippen LogP contribution >= 0.6 is 0 Å². The molecule has 0 amide bonds. The molecule has 0 saturated heterocycles. The molecule has 0 aliphatic rings. The third-order valence-electron chi connectivity index (χ3n) is 2.12. The number of rotatable bonds is 8. The van der Waals surface area contributed by atoms with Crippen molar-refractivity contribution in [3.8, 4) is 0 Å². The maximum atomic E-state index is 4.40. The van der Waals surface area contributed by atoms with Gasteiger partial charge in [-0.2, -0.15) is 0 Å². The van der Waals surface area contributed by atoms with Crippen LogP contribution in [0.15, 0.2) is 9.98 Å². The summed E-state index contributed by atoms with van der Waals surface area (Å²) in [5, 5.41) is 3.43. The van der Waals surface area contributed by atoms with Crippen molar-refractivity contribution in [2.24, 2.45) is 21.8 Å². The van der Waals surface area contributed by atoms with Crippen LogP contribution < -0.4 is 5.32 Å². The Labute approximate surface area is 107 Å². The fourth-order valence-corrected chi connectivity index (χ4v) is 1.36. The van der Waals surface area contributed by atoms with Gasteiger partial charge >= 0.3 is 0 Å². The van der Waals surface area contributed by atoms with Crippen molar-refractivity contribution in [3.63, 3.8) is 0 Å². The van der Waals surface area contributed by atoms with Gasteiger partial charge in [0.15, 0.2) is 0 Å². The van der Waals surface area contributed by atoms with E-state index in [9.17, 15) is 0 Å². The Kier molecular flexibility index (Phi) is 8.96. The molecule has 0 spiro atoms. The Balaban J connectivity index is 3.83. The Morgan fingerprint density at radius 3 is 1.41 bits per heavy atom. The van der Waals surface area contributed by atoms with Crippen LogP contribution in [0.1, 0.15) is 41.5 Å². The van der Waals surface area contributed by atoms with Crippen molar-refractivity contribution in [1.82, 2.24) is 5.32 Å². The van der Waals surface area contributed by atoms with Crippen LogP contribution in [0, 0.1) is 11.8 Å². The van der Waals surface area contributed by atoms with E-state index in [0.717, 1.165) is 13.1 Å². The second-order valence-electron chi connectivity index (χ2n) is 5.56. The summed E-state index contributed by atoms with van der Waals surface area (Å²) in [5.41, 5.74) is 0. The van der Waals surface area contributed by atoms with Crippen molar-refractivity contribution in [3.05, 3.63) is 0 Å². The molecule has 0 fully saturated rings. The topological polar surface area (TPSA) is 36.8 Å². The highest BCUT2D eigenvalue weighted by molar-refractivity contribution is 5.67. The monoisotopic (exact) mass is 239 g/mol. The van der Waals surface area contributed by atoms with Gasteiger partial charge in [0.1, 0.15) is 0 Å². The first kappa shape index (κ1) is 16.3. The van der Waals surface area contributed by atoms with Crippen molar-refractivity contribution < 1.29 is 0 Å². The lowest BCUT2D eigenvalue weighted by Crippen LogP contribution is -2.36. The maximum absolute atomic E-state index is 4.40. The van der Waals surface area contributed by atoms with Crippen molar-refractivity contribution in [2.75, 3.05) is 13.1 Å². The predicted octanol–water partition coefficient (Wildman–Crippen LogP) is 2.81. The molecule has 1 N–H and O–H groups in total. The minimum atomic E-state index is 0.300. The number of hydrogen-bond donors (Lipinski definition) is 1. The van der Waals surface area contributed by atoms with E-state index < -0.39 is 0 Å². The average Bonchev–Trinajstić information content (AvgIpc) is 2.15. The third-order valence-corrected chi connectivity index (χ3v) is 2.12. The molecule has 17 heavy (non-hydrogen) atoms. The second-order valence-corrected chi connectivity index (χ2v) is 5.56. The smallest absolute Gasteiger partial charge is 0.0409 e. The van der Waals surface area contributed by atoms with E-state index in [0.29, 0.717) is 23.9 Å². The fourth-order valence-electron chi connectivity index (χ4n) is 1.36. The molecule has 3 heteroatoms. The van der Waals surface area contributed by atoms with Crippen LogP contribution in [-0.2, 0) is 0 Å². The molecular formula is C14H29N3. The molecule has 0 rings (SSSR count). The molecule has 0 saturated carbocycles. The largest absolute Gasteiger partial charge is 0.302 e. The van der Waals surface area contributed by atoms with Crippen LogP contribution in [0.4, 0.5) is 0 Å². The van der Waals surface area contributed by atoms with Crippen molar-refractivity contribution >= 4 is 12.4 Å². The molecule has 3 nitrogen and oxygen atoms in total. The number of nitrogens with one attached hydrogen (secondary N) is 1. The minimum absolute atomic E-state index is 0.300. The summed E-state index contributed by atoms with van der Waals surface area (Å²) in [6.07, 6.45) is 3.99. The third kappa shape index (κ3) is 11.6. The molecule has 0 aromatic rings.